The maximum absolute atomic E-state index is 14.4. The van der Waals surface area contributed by atoms with Crippen molar-refractivity contribution in [2.45, 2.75) is 84.4 Å². The van der Waals surface area contributed by atoms with Crippen molar-refractivity contribution in [2.24, 2.45) is 0 Å². The van der Waals surface area contributed by atoms with Gasteiger partial charge in [0.2, 0.25) is 11.8 Å². The first-order chi connectivity index (χ1) is 20.3. The summed E-state index contributed by atoms with van der Waals surface area (Å²) >= 11 is 0. The summed E-state index contributed by atoms with van der Waals surface area (Å²) in [5.41, 5.74) is 0.201. The monoisotopic (exact) mass is 599 g/mol. The number of phenols is 2. The summed E-state index contributed by atoms with van der Waals surface area (Å²) < 4.78 is 10.4. The molecule has 2 unspecified atom stereocenters. The van der Waals surface area contributed by atoms with E-state index in [0.717, 1.165) is 12.8 Å². The van der Waals surface area contributed by atoms with Crippen LogP contribution in [0.5, 0.6) is 11.5 Å². The molecule has 0 heterocycles. The fraction of sp³-hybridized carbons (Fsp3) is 0.500. The number of hydrogen-bond acceptors (Lipinski definition) is 8. The van der Waals surface area contributed by atoms with Crippen LogP contribution in [0.2, 0.25) is 0 Å². The Kier molecular flexibility index (Phi) is 13.8. The van der Waals surface area contributed by atoms with E-state index in [2.05, 4.69) is 10.6 Å². The van der Waals surface area contributed by atoms with Gasteiger partial charge in [-0.05, 0) is 69.5 Å². The minimum absolute atomic E-state index is 0.0168. The van der Waals surface area contributed by atoms with Gasteiger partial charge < -0.3 is 35.2 Å². The summed E-state index contributed by atoms with van der Waals surface area (Å²) in [4.78, 5) is 54.2. The molecule has 0 bridgehead atoms. The highest BCUT2D eigenvalue weighted by Gasteiger charge is 2.36. The largest absolute Gasteiger partial charge is 0.508 e. The molecule has 11 nitrogen and oxygen atoms in total. The van der Waals surface area contributed by atoms with E-state index in [4.69, 9.17) is 9.47 Å². The van der Waals surface area contributed by atoms with Gasteiger partial charge in [0.15, 0.2) is 0 Å². The molecule has 0 fully saturated rings. The number of unbranched alkanes of at least 4 members (excludes halogenated alkanes) is 2. The Balaban J connectivity index is 2.51. The van der Waals surface area contributed by atoms with E-state index in [1.54, 1.807) is 52.0 Å². The first-order valence-corrected chi connectivity index (χ1v) is 14.6. The highest BCUT2D eigenvalue weighted by atomic mass is 16.6. The van der Waals surface area contributed by atoms with E-state index in [9.17, 15) is 29.4 Å². The van der Waals surface area contributed by atoms with Crippen molar-refractivity contribution in [3.05, 3.63) is 59.7 Å². The van der Waals surface area contributed by atoms with Crippen molar-refractivity contribution >= 4 is 23.9 Å². The molecule has 11 heteroatoms. The molecule has 0 saturated carbocycles. The van der Waals surface area contributed by atoms with Crippen LogP contribution in [0.25, 0.3) is 0 Å². The number of benzene rings is 2. The third-order valence-corrected chi connectivity index (χ3v) is 6.33. The van der Waals surface area contributed by atoms with Crippen LogP contribution < -0.4 is 10.6 Å². The maximum Gasteiger partial charge on any atom is 0.408 e. The molecule has 2 rings (SSSR count). The zero-order valence-electron chi connectivity index (χ0n) is 25.7. The number of phenolic OH excluding ortho intramolecular Hbond substituents is 2. The third kappa shape index (κ3) is 12.2. The van der Waals surface area contributed by atoms with Gasteiger partial charge in [-0.15, -0.1) is 0 Å². The molecule has 0 radical (unpaired) electrons. The molecule has 0 saturated heterocycles. The predicted octanol–water partition coefficient (Wildman–Crippen LogP) is 4.36. The smallest absolute Gasteiger partial charge is 0.408 e. The lowest BCUT2D eigenvalue weighted by Crippen LogP contribution is -2.54. The van der Waals surface area contributed by atoms with Crippen molar-refractivity contribution in [1.29, 1.82) is 0 Å². The highest BCUT2D eigenvalue weighted by Crippen LogP contribution is 2.27. The lowest BCUT2D eigenvalue weighted by Gasteiger charge is -2.34. The number of carbonyl (C=O) groups is 4. The van der Waals surface area contributed by atoms with Gasteiger partial charge in [-0.1, -0.05) is 44.0 Å². The van der Waals surface area contributed by atoms with Gasteiger partial charge in [0.1, 0.15) is 29.2 Å². The Morgan fingerprint density at radius 3 is 2.26 bits per heavy atom. The van der Waals surface area contributed by atoms with E-state index in [1.807, 2.05) is 6.92 Å². The quantitative estimate of drug-likeness (QED) is 0.174. The average molecular weight is 600 g/mol. The molecule has 236 valence electrons. The van der Waals surface area contributed by atoms with E-state index >= 15 is 0 Å². The van der Waals surface area contributed by atoms with Crippen LogP contribution in [-0.4, -0.2) is 70.3 Å². The van der Waals surface area contributed by atoms with E-state index in [0.29, 0.717) is 17.5 Å². The number of amides is 3. The van der Waals surface area contributed by atoms with Gasteiger partial charge in [-0.25, -0.2) is 4.79 Å². The van der Waals surface area contributed by atoms with Gasteiger partial charge in [-0.3, -0.25) is 14.4 Å². The van der Waals surface area contributed by atoms with Crippen molar-refractivity contribution in [3.8, 4) is 11.5 Å². The first kappa shape index (κ1) is 34.9. The van der Waals surface area contributed by atoms with Crippen LogP contribution in [-0.2, 0) is 30.3 Å². The molecule has 3 amide bonds. The summed E-state index contributed by atoms with van der Waals surface area (Å²) in [5.74, 6) is -1.60. The molecule has 0 aliphatic rings. The number of rotatable bonds is 15. The summed E-state index contributed by atoms with van der Waals surface area (Å²) in [5, 5.41) is 25.4. The van der Waals surface area contributed by atoms with Gasteiger partial charge >= 0.3 is 12.1 Å². The average Bonchev–Trinajstić information content (AvgIpc) is 2.92. The predicted molar refractivity (Wildman–Crippen MR) is 161 cm³/mol. The van der Waals surface area contributed by atoms with Crippen molar-refractivity contribution < 1.29 is 38.9 Å². The number of ether oxygens (including phenoxy) is 2. The lowest BCUT2D eigenvalue weighted by molar-refractivity contribution is -0.144. The molecule has 2 aromatic carbocycles. The maximum atomic E-state index is 14.4. The minimum Gasteiger partial charge on any atom is -0.508 e. The van der Waals surface area contributed by atoms with E-state index in [1.165, 1.54) is 29.2 Å². The summed E-state index contributed by atoms with van der Waals surface area (Å²) in [6.45, 7) is 9.20. The van der Waals surface area contributed by atoms with Crippen molar-refractivity contribution in [3.63, 3.8) is 0 Å². The second-order valence-corrected chi connectivity index (χ2v) is 11.2. The molecule has 0 spiro atoms. The number of carbonyl (C=O) groups excluding carboxylic acids is 4. The Bertz CT molecular complexity index is 1210. The molecule has 0 aliphatic carbocycles. The van der Waals surface area contributed by atoms with E-state index < -0.39 is 41.6 Å². The van der Waals surface area contributed by atoms with Crippen LogP contribution in [0.1, 0.15) is 77.5 Å². The molecular formula is C32H45N3O8. The summed E-state index contributed by atoms with van der Waals surface area (Å²) in [6.07, 6.45) is 1.41. The van der Waals surface area contributed by atoms with Gasteiger partial charge in [0.05, 0.1) is 13.0 Å². The van der Waals surface area contributed by atoms with Crippen molar-refractivity contribution in [1.82, 2.24) is 15.5 Å². The fourth-order valence-electron chi connectivity index (χ4n) is 4.40. The normalized spacial score (nSPS) is 12.5. The third-order valence-electron chi connectivity index (χ3n) is 6.33. The van der Waals surface area contributed by atoms with Crippen LogP contribution >= 0.6 is 0 Å². The molecule has 2 aromatic rings. The minimum atomic E-state index is -1.18. The van der Waals surface area contributed by atoms with Crippen LogP contribution in [0.3, 0.4) is 0 Å². The second kappa shape index (κ2) is 17.0. The topological polar surface area (TPSA) is 154 Å². The van der Waals surface area contributed by atoms with Gasteiger partial charge in [0, 0.05) is 19.5 Å². The van der Waals surface area contributed by atoms with Gasteiger partial charge in [-0.2, -0.15) is 0 Å². The van der Waals surface area contributed by atoms with E-state index in [-0.39, 0.29) is 44.0 Å². The zero-order chi connectivity index (χ0) is 32.0. The SMILES string of the molecule is CCCCCN(C(=O)C(Cc1ccc(O)cc1)NC(=O)OC(C)(C)C)C(C(=O)NCCC(=O)OCC)c1cccc(O)c1. The zero-order valence-corrected chi connectivity index (χ0v) is 25.7. The number of aromatic hydroxyl groups is 2. The first-order valence-electron chi connectivity index (χ1n) is 14.6. The standard InChI is InChI=1S/C32H45N3O8/c1-6-8-9-19-35(28(23-11-10-12-25(37)21-23)29(39)33-18-17-27(38)42-7-2)30(40)26(34-31(41)43-32(3,4)5)20-22-13-15-24(36)16-14-22/h10-16,21,26,28,36-37H,6-9,17-20H2,1-5H3,(H,33,39)(H,34,41). The molecular weight excluding hydrogens is 554 g/mol. The Hall–Kier alpha value is -4.28. The summed E-state index contributed by atoms with van der Waals surface area (Å²) in [7, 11) is 0. The molecule has 2 atom stereocenters. The van der Waals surface area contributed by atoms with Crippen LogP contribution in [0.4, 0.5) is 4.79 Å². The Labute approximate surface area is 253 Å². The lowest BCUT2D eigenvalue weighted by atomic mass is 9.99. The fourth-order valence-corrected chi connectivity index (χ4v) is 4.40. The number of hydrogen-bond donors (Lipinski definition) is 4. The molecule has 0 aliphatic heterocycles. The number of nitrogens with zero attached hydrogens (tertiary/aromatic N) is 1. The number of alkyl carbamates (subject to hydrolysis) is 1. The number of nitrogens with one attached hydrogen (secondary N) is 2. The Morgan fingerprint density at radius 2 is 1.65 bits per heavy atom. The van der Waals surface area contributed by atoms with Crippen molar-refractivity contribution in [2.75, 3.05) is 19.7 Å². The van der Waals surface area contributed by atoms with Crippen LogP contribution in [0, 0.1) is 0 Å². The number of esters is 1. The van der Waals surface area contributed by atoms with Crippen LogP contribution in [0.15, 0.2) is 48.5 Å². The molecule has 0 aromatic heterocycles. The molecule has 4 N–H and O–H groups in total. The van der Waals surface area contributed by atoms with Gasteiger partial charge in [0.25, 0.3) is 0 Å². The Morgan fingerprint density at radius 1 is 0.953 bits per heavy atom. The summed E-state index contributed by atoms with van der Waals surface area (Å²) in [6, 6.07) is 10.0. The highest BCUT2D eigenvalue weighted by molar-refractivity contribution is 5.92. The molecule has 43 heavy (non-hydrogen) atoms. The second-order valence-electron chi connectivity index (χ2n) is 11.2.